The Balaban J connectivity index is 1.58. The number of aryl methyl sites for hydroxylation is 2. The first-order valence-corrected chi connectivity index (χ1v) is 10.2. The van der Waals surface area contributed by atoms with Crippen LogP contribution in [0.15, 0.2) is 63.1 Å². The molecule has 0 saturated heterocycles. The number of halogens is 1. The topological polar surface area (TPSA) is 97.4 Å². The van der Waals surface area contributed by atoms with Crippen LogP contribution in [0.4, 0.5) is 5.82 Å². The number of carbonyl (C=O) groups excluding carboxylic acids is 1. The number of amides is 1. The average molecular weight is 482 g/mol. The molecule has 3 aromatic rings. The van der Waals surface area contributed by atoms with Gasteiger partial charge in [-0.05, 0) is 71.2 Å². The zero-order valence-electron chi connectivity index (χ0n) is 17.0. The van der Waals surface area contributed by atoms with E-state index in [4.69, 9.17) is 14.0 Å². The third kappa shape index (κ3) is 6.46. The first-order chi connectivity index (χ1) is 14.9. The molecular formula is C23H20BrN3O4. The molecule has 1 N–H and O–H groups in total. The molecule has 0 atom stereocenters. The van der Waals surface area contributed by atoms with E-state index in [2.05, 4.69) is 26.4 Å². The molecule has 2 aromatic carbocycles. The van der Waals surface area contributed by atoms with Crippen molar-refractivity contribution >= 4 is 33.7 Å². The van der Waals surface area contributed by atoms with Gasteiger partial charge in [-0.1, -0.05) is 23.4 Å². The summed E-state index contributed by atoms with van der Waals surface area (Å²) in [5, 5.41) is 15.6. The number of benzene rings is 2. The van der Waals surface area contributed by atoms with Crippen LogP contribution in [0.3, 0.4) is 0 Å². The molecule has 0 aliphatic carbocycles. The van der Waals surface area contributed by atoms with Crippen LogP contribution in [0.2, 0.25) is 0 Å². The molecule has 0 radical (unpaired) electrons. The summed E-state index contributed by atoms with van der Waals surface area (Å²) >= 11 is 3.46. The lowest BCUT2D eigenvalue weighted by Gasteiger charge is -2.10. The van der Waals surface area contributed by atoms with E-state index >= 15 is 0 Å². The van der Waals surface area contributed by atoms with Crippen molar-refractivity contribution in [3.8, 4) is 17.6 Å². The second-order valence-corrected chi connectivity index (χ2v) is 7.50. The lowest BCUT2D eigenvalue weighted by molar-refractivity contribution is -0.112. The lowest BCUT2D eigenvalue weighted by atomic mass is 10.1. The zero-order valence-corrected chi connectivity index (χ0v) is 18.6. The minimum atomic E-state index is -0.569. The van der Waals surface area contributed by atoms with Crippen LogP contribution in [-0.4, -0.2) is 24.3 Å². The smallest absolute Gasteiger partial charge is 0.267 e. The molecule has 0 aliphatic rings. The van der Waals surface area contributed by atoms with Gasteiger partial charge in [-0.25, -0.2) is 0 Å². The summed E-state index contributed by atoms with van der Waals surface area (Å²) in [5.41, 5.74) is 1.73. The van der Waals surface area contributed by atoms with Gasteiger partial charge in [-0.15, -0.1) is 0 Å². The Bertz CT molecular complexity index is 1150. The van der Waals surface area contributed by atoms with E-state index in [-0.39, 0.29) is 11.4 Å². The molecular weight excluding hydrogens is 462 g/mol. The highest BCUT2D eigenvalue weighted by molar-refractivity contribution is 9.10. The molecule has 0 aliphatic heterocycles. The van der Waals surface area contributed by atoms with Crippen LogP contribution >= 0.6 is 15.9 Å². The quantitative estimate of drug-likeness (QED) is 0.274. The van der Waals surface area contributed by atoms with E-state index in [9.17, 15) is 10.1 Å². The summed E-state index contributed by atoms with van der Waals surface area (Å²) in [5.74, 6) is 1.67. The maximum atomic E-state index is 12.3. The van der Waals surface area contributed by atoms with E-state index in [0.29, 0.717) is 34.8 Å². The Morgan fingerprint density at radius 1 is 1.19 bits per heavy atom. The molecule has 0 unspecified atom stereocenters. The fourth-order valence-electron chi connectivity index (χ4n) is 2.66. The minimum Gasteiger partial charge on any atom is -0.490 e. The molecule has 1 aromatic heterocycles. The fourth-order valence-corrected chi connectivity index (χ4v) is 3.18. The number of hydrogen-bond donors (Lipinski definition) is 1. The van der Waals surface area contributed by atoms with Crippen molar-refractivity contribution in [2.45, 2.75) is 13.8 Å². The number of anilines is 1. The lowest BCUT2D eigenvalue weighted by Crippen LogP contribution is -2.13. The highest BCUT2D eigenvalue weighted by atomic mass is 79.9. The number of nitrogens with one attached hydrogen (secondary N) is 1. The first-order valence-electron chi connectivity index (χ1n) is 9.43. The standard InChI is InChI=1S/C23H20BrN3O4/c1-15-4-3-5-19(10-15)29-8-9-30-21-7-6-17(13-20(21)24)12-18(14-25)23(28)26-22-11-16(2)31-27-22/h3-7,10-13H,8-9H2,1-2H3,(H,26,27,28)/b18-12-. The molecule has 1 amide bonds. The van der Waals surface area contributed by atoms with Crippen LogP contribution < -0.4 is 14.8 Å². The molecule has 1 heterocycles. The van der Waals surface area contributed by atoms with Crippen LogP contribution in [0, 0.1) is 25.2 Å². The molecule has 7 nitrogen and oxygen atoms in total. The maximum absolute atomic E-state index is 12.3. The number of ether oxygens (including phenoxy) is 2. The second kappa shape index (κ2) is 10.5. The van der Waals surface area contributed by atoms with Crippen molar-refractivity contribution < 1.29 is 18.8 Å². The average Bonchev–Trinajstić information content (AvgIpc) is 3.15. The zero-order chi connectivity index (χ0) is 22.2. The van der Waals surface area contributed by atoms with Crippen molar-refractivity contribution in [3.63, 3.8) is 0 Å². The van der Waals surface area contributed by atoms with E-state index in [1.807, 2.05) is 37.3 Å². The summed E-state index contributed by atoms with van der Waals surface area (Å²) in [4.78, 5) is 12.3. The molecule has 3 rings (SSSR count). The van der Waals surface area contributed by atoms with Crippen molar-refractivity contribution in [1.82, 2.24) is 5.16 Å². The van der Waals surface area contributed by atoms with Gasteiger partial charge < -0.3 is 19.3 Å². The molecule has 158 valence electrons. The highest BCUT2D eigenvalue weighted by Crippen LogP contribution is 2.27. The fraction of sp³-hybridized carbons (Fsp3) is 0.174. The second-order valence-electron chi connectivity index (χ2n) is 6.65. The van der Waals surface area contributed by atoms with Gasteiger partial charge in [-0.2, -0.15) is 5.26 Å². The van der Waals surface area contributed by atoms with E-state index in [1.165, 1.54) is 6.08 Å². The van der Waals surface area contributed by atoms with Gasteiger partial charge in [0, 0.05) is 6.07 Å². The number of aromatic nitrogens is 1. The summed E-state index contributed by atoms with van der Waals surface area (Å²) in [6.07, 6.45) is 1.48. The summed E-state index contributed by atoms with van der Waals surface area (Å²) in [6, 6.07) is 16.6. The number of nitrogens with zero attached hydrogens (tertiary/aromatic N) is 2. The van der Waals surface area contributed by atoms with Gasteiger partial charge in [0.25, 0.3) is 5.91 Å². The minimum absolute atomic E-state index is 0.0622. The van der Waals surface area contributed by atoms with E-state index < -0.39 is 5.91 Å². The van der Waals surface area contributed by atoms with Crippen LogP contribution in [0.5, 0.6) is 11.5 Å². The summed E-state index contributed by atoms with van der Waals surface area (Å²) in [6.45, 7) is 4.48. The Morgan fingerprint density at radius 2 is 2.00 bits per heavy atom. The molecule has 8 heteroatoms. The number of rotatable bonds is 8. The highest BCUT2D eigenvalue weighted by Gasteiger charge is 2.12. The van der Waals surface area contributed by atoms with E-state index in [1.54, 1.807) is 31.2 Å². The predicted octanol–water partition coefficient (Wildman–Crippen LogP) is 5.06. The van der Waals surface area contributed by atoms with Crippen molar-refractivity contribution in [3.05, 3.63) is 75.5 Å². The monoisotopic (exact) mass is 481 g/mol. The third-order valence-electron chi connectivity index (χ3n) is 4.10. The molecule has 31 heavy (non-hydrogen) atoms. The summed E-state index contributed by atoms with van der Waals surface area (Å²) in [7, 11) is 0. The third-order valence-corrected chi connectivity index (χ3v) is 4.72. The predicted molar refractivity (Wildman–Crippen MR) is 120 cm³/mol. The Hall–Kier alpha value is -3.57. The van der Waals surface area contributed by atoms with Gasteiger partial charge in [0.1, 0.15) is 42.1 Å². The first kappa shape index (κ1) is 22.1. The Labute approximate surface area is 188 Å². The van der Waals surface area contributed by atoms with Crippen molar-refractivity contribution in [1.29, 1.82) is 5.26 Å². The van der Waals surface area contributed by atoms with Crippen LogP contribution in [-0.2, 0) is 4.79 Å². The Morgan fingerprint density at radius 3 is 2.68 bits per heavy atom. The van der Waals surface area contributed by atoms with Crippen LogP contribution in [0.25, 0.3) is 6.08 Å². The normalized spacial score (nSPS) is 11.0. The van der Waals surface area contributed by atoms with Crippen molar-refractivity contribution in [2.24, 2.45) is 0 Å². The molecule has 0 saturated carbocycles. The molecule has 0 bridgehead atoms. The number of carbonyl (C=O) groups is 1. The SMILES string of the molecule is Cc1cccc(OCCOc2ccc(/C=C(/C#N)C(=O)Nc3cc(C)on3)cc2Br)c1. The van der Waals surface area contributed by atoms with Gasteiger partial charge >= 0.3 is 0 Å². The van der Waals surface area contributed by atoms with Gasteiger partial charge in [-0.3, -0.25) is 4.79 Å². The Kier molecular flexibility index (Phi) is 7.46. The van der Waals surface area contributed by atoms with Gasteiger partial charge in [0.2, 0.25) is 0 Å². The number of nitriles is 1. The van der Waals surface area contributed by atoms with Crippen molar-refractivity contribution in [2.75, 3.05) is 18.5 Å². The maximum Gasteiger partial charge on any atom is 0.267 e. The van der Waals surface area contributed by atoms with E-state index in [0.717, 1.165) is 11.3 Å². The molecule has 0 fully saturated rings. The van der Waals surface area contributed by atoms with Gasteiger partial charge in [0.15, 0.2) is 5.82 Å². The largest absolute Gasteiger partial charge is 0.490 e. The van der Waals surface area contributed by atoms with Gasteiger partial charge in [0.05, 0.1) is 4.47 Å². The number of hydrogen-bond acceptors (Lipinski definition) is 6. The summed E-state index contributed by atoms with van der Waals surface area (Å²) < 4.78 is 17.0. The van der Waals surface area contributed by atoms with Crippen LogP contribution in [0.1, 0.15) is 16.9 Å². The molecule has 0 spiro atoms.